The lowest BCUT2D eigenvalue weighted by atomic mass is 9.84. The fourth-order valence-electron chi connectivity index (χ4n) is 2.44. The minimum Gasteiger partial charge on any atom is -0.329 e. The van der Waals surface area contributed by atoms with E-state index in [-0.39, 0.29) is 5.37 Å². The van der Waals surface area contributed by atoms with E-state index < -0.39 is 0 Å². The number of carbonyl (C=O) groups excluding carboxylic acids is 1. The van der Waals surface area contributed by atoms with E-state index in [1.807, 2.05) is 4.90 Å². The number of fused-ring (bicyclic) bond motifs is 4. The van der Waals surface area contributed by atoms with Gasteiger partial charge in [0.1, 0.15) is 0 Å². The fourth-order valence-corrected chi connectivity index (χ4v) is 2.58. The van der Waals surface area contributed by atoms with E-state index >= 15 is 0 Å². The Morgan fingerprint density at radius 1 is 1.08 bits per heavy atom. The molecule has 3 heteroatoms. The topological polar surface area (TPSA) is 20.3 Å². The molecule has 3 aliphatic rings. The molecule has 2 aliphatic heterocycles. The van der Waals surface area contributed by atoms with Gasteiger partial charge in [-0.3, -0.25) is 4.79 Å². The molecular formula is C9H14ClNO. The molecular weight excluding hydrogens is 174 g/mol. The molecule has 1 aliphatic carbocycles. The summed E-state index contributed by atoms with van der Waals surface area (Å²) < 4.78 is 0. The summed E-state index contributed by atoms with van der Waals surface area (Å²) in [5.41, 5.74) is 0. The Hall–Kier alpha value is -0.240. The lowest BCUT2D eigenvalue weighted by Crippen LogP contribution is -2.30. The van der Waals surface area contributed by atoms with Crippen LogP contribution in [0.15, 0.2) is 0 Å². The van der Waals surface area contributed by atoms with E-state index in [0.29, 0.717) is 0 Å². The molecule has 0 N–H and O–H groups in total. The van der Waals surface area contributed by atoms with Crippen LogP contribution in [0.5, 0.6) is 0 Å². The molecule has 0 aromatic carbocycles. The Morgan fingerprint density at radius 2 is 1.50 bits per heavy atom. The second kappa shape index (κ2) is 3.25. The maximum atomic E-state index is 11.0. The van der Waals surface area contributed by atoms with Crippen LogP contribution >= 0.6 is 11.6 Å². The summed E-state index contributed by atoms with van der Waals surface area (Å²) in [5.74, 6) is 1.46. The highest BCUT2D eigenvalue weighted by molar-refractivity contribution is 6.62. The van der Waals surface area contributed by atoms with Crippen LogP contribution in [0.2, 0.25) is 0 Å². The van der Waals surface area contributed by atoms with Gasteiger partial charge in [0.05, 0.1) is 0 Å². The lowest BCUT2D eigenvalue weighted by molar-refractivity contribution is 0.216. The molecule has 2 heterocycles. The molecule has 3 fully saturated rings. The lowest BCUT2D eigenvalue weighted by Gasteiger charge is -2.20. The number of halogens is 1. The summed E-state index contributed by atoms with van der Waals surface area (Å²) in [7, 11) is 0. The number of rotatable bonds is 0. The van der Waals surface area contributed by atoms with Crippen LogP contribution in [0.4, 0.5) is 4.79 Å². The Kier molecular flexibility index (Phi) is 2.26. The van der Waals surface area contributed by atoms with Gasteiger partial charge in [0, 0.05) is 13.1 Å². The van der Waals surface area contributed by atoms with E-state index in [2.05, 4.69) is 0 Å². The minimum atomic E-state index is -0.256. The quantitative estimate of drug-likeness (QED) is 0.422. The van der Waals surface area contributed by atoms with Crippen LogP contribution in [0.1, 0.15) is 25.7 Å². The molecule has 12 heavy (non-hydrogen) atoms. The van der Waals surface area contributed by atoms with Crippen molar-refractivity contribution in [3.8, 4) is 0 Å². The molecule has 1 amide bonds. The van der Waals surface area contributed by atoms with Crippen molar-refractivity contribution in [2.24, 2.45) is 11.8 Å². The zero-order valence-electron chi connectivity index (χ0n) is 7.13. The third kappa shape index (κ3) is 1.58. The maximum Gasteiger partial charge on any atom is 0.316 e. The van der Waals surface area contributed by atoms with Crippen molar-refractivity contribution in [2.75, 3.05) is 13.1 Å². The van der Waals surface area contributed by atoms with Crippen LogP contribution in [0.25, 0.3) is 0 Å². The van der Waals surface area contributed by atoms with Gasteiger partial charge in [0.15, 0.2) is 0 Å². The Balaban J connectivity index is 2.06. The van der Waals surface area contributed by atoms with Crippen LogP contribution in [0, 0.1) is 11.8 Å². The van der Waals surface area contributed by atoms with E-state index in [0.717, 1.165) is 24.9 Å². The summed E-state index contributed by atoms with van der Waals surface area (Å²) >= 11 is 5.47. The second-order valence-corrected chi connectivity index (χ2v) is 4.37. The van der Waals surface area contributed by atoms with Gasteiger partial charge in [0.25, 0.3) is 0 Å². The van der Waals surface area contributed by atoms with Gasteiger partial charge in [-0.15, -0.1) is 0 Å². The normalized spacial score (nSPS) is 34.9. The second-order valence-electron chi connectivity index (χ2n) is 4.04. The zero-order chi connectivity index (χ0) is 8.55. The van der Waals surface area contributed by atoms with Gasteiger partial charge in [-0.05, 0) is 49.1 Å². The first-order valence-electron chi connectivity index (χ1n) is 4.70. The molecule has 0 spiro atoms. The van der Waals surface area contributed by atoms with Crippen molar-refractivity contribution in [1.29, 1.82) is 0 Å². The number of carbonyl (C=O) groups is 1. The molecule has 0 atom stereocenters. The Bertz CT molecular complexity index is 173. The van der Waals surface area contributed by atoms with Gasteiger partial charge in [-0.2, -0.15) is 0 Å². The van der Waals surface area contributed by atoms with Crippen LogP contribution in [0.3, 0.4) is 0 Å². The Labute approximate surface area is 77.9 Å². The summed E-state index contributed by atoms with van der Waals surface area (Å²) in [4.78, 5) is 12.8. The van der Waals surface area contributed by atoms with E-state index in [4.69, 9.17) is 11.6 Å². The van der Waals surface area contributed by atoms with Crippen molar-refractivity contribution >= 4 is 17.0 Å². The predicted octanol–water partition coefficient (Wildman–Crippen LogP) is 2.47. The monoisotopic (exact) mass is 187 g/mol. The van der Waals surface area contributed by atoms with E-state index in [1.165, 1.54) is 25.7 Å². The summed E-state index contributed by atoms with van der Waals surface area (Å²) in [5, 5.41) is -0.256. The number of hydrogen-bond acceptors (Lipinski definition) is 1. The average molecular weight is 188 g/mol. The largest absolute Gasteiger partial charge is 0.329 e. The van der Waals surface area contributed by atoms with Crippen molar-refractivity contribution in [3.63, 3.8) is 0 Å². The van der Waals surface area contributed by atoms with Crippen LogP contribution < -0.4 is 0 Å². The fraction of sp³-hybridized carbons (Fsp3) is 0.889. The van der Waals surface area contributed by atoms with Gasteiger partial charge in [-0.1, -0.05) is 0 Å². The highest BCUT2D eigenvalue weighted by Gasteiger charge is 2.30. The zero-order valence-corrected chi connectivity index (χ0v) is 7.89. The van der Waals surface area contributed by atoms with Gasteiger partial charge < -0.3 is 4.90 Å². The average Bonchev–Trinajstić information content (AvgIpc) is 2.36. The van der Waals surface area contributed by atoms with Crippen molar-refractivity contribution in [1.82, 2.24) is 4.90 Å². The highest BCUT2D eigenvalue weighted by Crippen LogP contribution is 2.34. The summed E-state index contributed by atoms with van der Waals surface area (Å²) in [6.07, 6.45) is 5.19. The molecule has 0 radical (unpaired) electrons. The van der Waals surface area contributed by atoms with Crippen molar-refractivity contribution in [2.45, 2.75) is 25.7 Å². The molecule has 1 saturated carbocycles. The minimum absolute atomic E-state index is 0.256. The molecule has 2 saturated heterocycles. The van der Waals surface area contributed by atoms with Crippen molar-refractivity contribution in [3.05, 3.63) is 0 Å². The van der Waals surface area contributed by atoms with Crippen LogP contribution in [-0.4, -0.2) is 23.4 Å². The summed E-state index contributed by atoms with van der Waals surface area (Å²) in [6.45, 7) is 1.80. The molecule has 0 unspecified atom stereocenters. The number of amides is 1. The van der Waals surface area contributed by atoms with E-state index in [1.54, 1.807) is 0 Å². The van der Waals surface area contributed by atoms with Crippen LogP contribution in [-0.2, 0) is 0 Å². The summed E-state index contributed by atoms with van der Waals surface area (Å²) in [6, 6.07) is 0. The highest BCUT2D eigenvalue weighted by atomic mass is 35.5. The maximum absolute atomic E-state index is 11.0. The SMILES string of the molecule is O=C(Cl)N1CC2CCC(CC2)C1. The standard InChI is InChI=1S/C9H14ClNO/c10-9(12)11-5-7-1-2-8(6-11)4-3-7/h7-8H,1-6H2. The number of nitrogens with zero attached hydrogens (tertiary/aromatic N) is 1. The third-order valence-electron chi connectivity index (χ3n) is 3.17. The van der Waals surface area contributed by atoms with Gasteiger partial charge >= 0.3 is 5.37 Å². The van der Waals surface area contributed by atoms with E-state index in [9.17, 15) is 4.79 Å². The first kappa shape index (κ1) is 8.36. The third-order valence-corrected chi connectivity index (χ3v) is 3.41. The molecule has 2 bridgehead atoms. The number of hydrogen-bond donors (Lipinski definition) is 0. The smallest absolute Gasteiger partial charge is 0.316 e. The molecule has 68 valence electrons. The van der Waals surface area contributed by atoms with Gasteiger partial charge in [-0.25, -0.2) is 0 Å². The first-order chi connectivity index (χ1) is 5.75. The first-order valence-corrected chi connectivity index (χ1v) is 5.08. The predicted molar refractivity (Wildman–Crippen MR) is 48.3 cm³/mol. The van der Waals surface area contributed by atoms with Crippen molar-refractivity contribution < 1.29 is 4.79 Å². The molecule has 3 rings (SSSR count). The molecule has 0 aromatic heterocycles. The molecule has 2 nitrogen and oxygen atoms in total. The Morgan fingerprint density at radius 3 is 1.83 bits per heavy atom. The molecule has 0 aromatic rings. The van der Waals surface area contributed by atoms with Gasteiger partial charge in [0.2, 0.25) is 0 Å².